The van der Waals surface area contributed by atoms with Crippen molar-refractivity contribution in [1.82, 2.24) is 9.78 Å². The minimum absolute atomic E-state index is 0.0652. The first-order valence-electron chi connectivity index (χ1n) is 8.00. The average Bonchev–Trinajstić information content (AvgIpc) is 2.86. The van der Waals surface area contributed by atoms with E-state index in [1.807, 2.05) is 7.11 Å². The van der Waals surface area contributed by atoms with Crippen LogP contribution in [0.4, 0.5) is 0 Å². The molecule has 0 aliphatic heterocycles. The van der Waals surface area contributed by atoms with Crippen molar-refractivity contribution < 1.29 is 4.74 Å². The molecule has 1 aromatic rings. The molecule has 114 valence electrons. The number of hydrogen-bond donors (Lipinski definition) is 1. The van der Waals surface area contributed by atoms with Gasteiger partial charge in [-0.05, 0) is 45.4 Å². The molecule has 3 atom stereocenters. The summed E-state index contributed by atoms with van der Waals surface area (Å²) in [6.07, 6.45) is 7.02. The molecule has 1 aliphatic rings. The fourth-order valence-corrected chi connectivity index (χ4v) is 3.53. The third kappa shape index (κ3) is 2.91. The second kappa shape index (κ2) is 6.72. The van der Waals surface area contributed by atoms with Crippen molar-refractivity contribution in [1.29, 1.82) is 0 Å². The zero-order valence-corrected chi connectivity index (χ0v) is 13.4. The Morgan fingerprint density at radius 2 is 2.10 bits per heavy atom. The molecule has 0 aromatic carbocycles. The standard InChI is InChI=1S/C16H29N3O/c1-5-14-16(11(3)17)15(6-2)19(18-14)12-8-7-9-13(10-12)20-4/h11-13H,5-10,17H2,1-4H3. The summed E-state index contributed by atoms with van der Waals surface area (Å²) in [7, 11) is 1.82. The van der Waals surface area contributed by atoms with Gasteiger partial charge < -0.3 is 10.5 Å². The first-order valence-corrected chi connectivity index (χ1v) is 8.00. The average molecular weight is 279 g/mol. The highest BCUT2D eigenvalue weighted by Crippen LogP contribution is 2.33. The fraction of sp³-hybridized carbons (Fsp3) is 0.812. The maximum atomic E-state index is 6.18. The molecule has 0 spiro atoms. The van der Waals surface area contributed by atoms with Crippen LogP contribution in [0.25, 0.3) is 0 Å². The second-order valence-electron chi connectivity index (χ2n) is 5.93. The molecule has 1 aliphatic carbocycles. The first kappa shape index (κ1) is 15.5. The van der Waals surface area contributed by atoms with E-state index in [9.17, 15) is 0 Å². The predicted molar refractivity (Wildman–Crippen MR) is 81.9 cm³/mol. The molecule has 1 aromatic heterocycles. The number of rotatable bonds is 5. The summed E-state index contributed by atoms with van der Waals surface area (Å²) in [6.45, 7) is 6.44. The van der Waals surface area contributed by atoms with Crippen molar-refractivity contribution in [2.75, 3.05) is 7.11 Å². The number of ether oxygens (including phenoxy) is 1. The lowest BCUT2D eigenvalue weighted by atomic mass is 9.92. The van der Waals surface area contributed by atoms with E-state index >= 15 is 0 Å². The van der Waals surface area contributed by atoms with E-state index in [1.165, 1.54) is 36.2 Å². The molecule has 0 saturated heterocycles. The van der Waals surface area contributed by atoms with Crippen LogP contribution in [0.1, 0.15) is 75.5 Å². The molecule has 4 heteroatoms. The molecule has 4 nitrogen and oxygen atoms in total. The van der Waals surface area contributed by atoms with Crippen LogP contribution >= 0.6 is 0 Å². The molecule has 2 N–H and O–H groups in total. The molecular formula is C16H29N3O. The summed E-state index contributed by atoms with van der Waals surface area (Å²) in [4.78, 5) is 0. The lowest BCUT2D eigenvalue weighted by Gasteiger charge is -2.29. The van der Waals surface area contributed by atoms with Gasteiger partial charge in [-0.15, -0.1) is 0 Å². The van der Waals surface area contributed by atoms with Crippen molar-refractivity contribution in [3.63, 3.8) is 0 Å². The second-order valence-corrected chi connectivity index (χ2v) is 5.93. The van der Waals surface area contributed by atoms with Gasteiger partial charge in [-0.3, -0.25) is 4.68 Å². The zero-order valence-electron chi connectivity index (χ0n) is 13.4. The Morgan fingerprint density at radius 3 is 2.65 bits per heavy atom. The number of aromatic nitrogens is 2. The highest BCUT2D eigenvalue weighted by molar-refractivity contribution is 5.30. The van der Waals surface area contributed by atoms with Gasteiger partial charge in [0, 0.05) is 24.4 Å². The Morgan fingerprint density at radius 1 is 1.35 bits per heavy atom. The summed E-state index contributed by atoms with van der Waals surface area (Å²) in [5.41, 5.74) is 9.97. The van der Waals surface area contributed by atoms with Crippen LogP contribution in [0.3, 0.4) is 0 Å². The van der Waals surface area contributed by atoms with Crippen LogP contribution in [0.2, 0.25) is 0 Å². The van der Waals surface area contributed by atoms with Crippen LogP contribution in [0, 0.1) is 0 Å². The molecule has 0 radical (unpaired) electrons. The van der Waals surface area contributed by atoms with Crippen LogP contribution in [-0.4, -0.2) is 23.0 Å². The third-order valence-corrected chi connectivity index (χ3v) is 4.53. The van der Waals surface area contributed by atoms with E-state index in [4.69, 9.17) is 15.6 Å². The molecule has 1 saturated carbocycles. The van der Waals surface area contributed by atoms with Crippen molar-refractivity contribution in [2.45, 2.75) is 77.5 Å². The zero-order chi connectivity index (χ0) is 14.7. The molecule has 1 fully saturated rings. The van der Waals surface area contributed by atoms with E-state index in [2.05, 4.69) is 25.5 Å². The lowest BCUT2D eigenvalue weighted by Crippen LogP contribution is -2.26. The van der Waals surface area contributed by atoms with Gasteiger partial charge >= 0.3 is 0 Å². The van der Waals surface area contributed by atoms with Crippen LogP contribution < -0.4 is 5.73 Å². The molecule has 2 rings (SSSR count). The maximum absolute atomic E-state index is 6.18. The maximum Gasteiger partial charge on any atom is 0.0672 e. The molecular weight excluding hydrogens is 250 g/mol. The monoisotopic (exact) mass is 279 g/mol. The van der Waals surface area contributed by atoms with Gasteiger partial charge in [0.1, 0.15) is 0 Å². The quantitative estimate of drug-likeness (QED) is 0.900. The number of nitrogens with zero attached hydrogens (tertiary/aromatic N) is 2. The SMILES string of the molecule is CCc1nn(C2CCCC(OC)C2)c(CC)c1C(C)N. The summed E-state index contributed by atoms with van der Waals surface area (Å²) in [5, 5.41) is 4.89. The fourth-order valence-electron chi connectivity index (χ4n) is 3.53. The van der Waals surface area contributed by atoms with Crippen LogP contribution in [-0.2, 0) is 17.6 Å². The predicted octanol–water partition coefficient (Wildman–Crippen LogP) is 3.16. The molecule has 20 heavy (non-hydrogen) atoms. The summed E-state index contributed by atoms with van der Waals surface area (Å²) in [6, 6.07) is 0.539. The van der Waals surface area contributed by atoms with Crippen LogP contribution in [0.5, 0.6) is 0 Å². The van der Waals surface area contributed by atoms with E-state index in [0.29, 0.717) is 12.1 Å². The Bertz CT molecular complexity index is 439. The van der Waals surface area contributed by atoms with Gasteiger partial charge in [-0.1, -0.05) is 13.8 Å². The number of nitrogens with two attached hydrogens (primary N) is 1. The Labute approximate surface area is 122 Å². The smallest absolute Gasteiger partial charge is 0.0672 e. The Kier molecular flexibility index (Phi) is 5.22. The largest absolute Gasteiger partial charge is 0.381 e. The van der Waals surface area contributed by atoms with Gasteiger partial charge in [-0.2, -0.15) is 5.10 Å². The highest BCUT2D eigenvalue weighted by Gasteiger charge is 2.28. The topological polar surface area (TPSA) is 53.1 Å². The molecule has 1 heterocycles. The van der Waals surface area contributed by atoms with Gasteiger partial charge in [0.25, 0.3) is 0 Å². The number of methoxy groups -OCH3 is 1. The Hall–Kier alpha value is -0.870. The third-order valence-electron chi connectivity index (χ3n) is 4.53. The minimum atomic E-state index is 0.0652. The van der Waals surface area contributed by atoms with Crippen LogP contribution in [0.15, 0.2) is 0 Å². The normalized spacial score (nSPS) is 24.9. The first-order chi connectivity index (χ1) is 9.62. The minimum Gasteiger partial charge on any atom is -0.381 e. The van der Waals surface area contributed by atoms with Gasteiger partial charge in [-0.25, -0.2) is 0 Å². The van der Waals surface area contributed by atoms with E-state index in [1.54, 1.807) is 0 Å². The van der Waals surface area contributed by atoms with Gasteiger partial charge in [0.05, 0.1) is 17.8 Å². The van der Waals surface area contributed by atoms with Crippen molar-refractivity contribution in [2.24, 2.45) is 5.73 Å². The van der Waals surface area contributed by atoms with Crippen molar-refractivity contribution in [3.8, 4) is 0 Å². The summed E-state index contributed by atoms with van der Waals surface area (Å²) < 4.78 is 7.83. The number of aryl methyl sites for hydroxylation is 1. The lowest BCUT2D eigenvalue weighted by molar-refractivity contribution is 0.0502. The molecule has 0 amide bonds. The number of hydrogen-bond acceptors (Lipinski definition) is 3. The van der Waals surface area contributed by atoms with E-state index < -0.39 is 0 Å². The van der Waals surface area contributed by atoms with Gasteiger partial charge in [0.15, 0.2) is 0 Å². The summed E-state index contributed by atoms with van der Waals surface area (Å²) in [5.74, 6) is 0. The van der Waals surface area contributed by atoms with E-state index in [0.717, 1.165) is 19.3 Å². The van der Waals surface area contributed by atoms with Crippen molar-refractivity contribution >= 4 is 0 Å². The molecule has 3 unspecified atom stereocenters. The summed E-state index contributed by atoms with van der Waals surface area (Å²) >= 11 is 0. The van der Waals surface area contributed by atoms with Crippen molar-refractivity contribution in [3.05, 3.63) is 17.0 Å². The molecule has 0 bridgehead atoms. The van der Waals surface area contributed by atoms with E-state index in [-0.39, 0.29) is 6.04 Å². The highest BCUT2D eigenvalue weighted by atomic mass is 16.5. The van der Waals surface area contributed by atoms with Gasteiger partial charge in [0.2, 0.25) is 0 Å². The Balaban J connectivity index is 2.35.